The van der Waals surface area contributed by atoms with Crippen LogP contribution in [0.3, 0.4) is 0 Å². The molecular weight excluding hydrogens is 368 g/mol. The largest absolute Gasteiger partial charge is 0.489 e. The summed E-state index contributed by atoms with van der Waals surface area (Å²) in [6.07, 6.45) is 0. The number of rotatable bonds is 4. The molecule has 0 amide bonds. The summed E-state index contributed by atoms with van der Waals surface area (Å²) in [6.45, 7) is 2.10. The van der Waals surface area contributed by atoms with Crippen LogP contribution in [0.1, 0.15) is 28.4 Å². The number of aryl methyl sites for hydroxylation is 1. The van der Waals surface area contributed by atoms with Gasteiger partial charge in [0.25, 0.3) is 0 Å². The molecule has 0 saturated carbocycles. The highest BCUT2D eigenvalue weighted by Crippen LogP contribution is 2.40. The third-order valence-corrected chi connectivity index (χ3v) is 4.72. The van der Waals surface area contributed by atoms with Crippen LogP contribution in [0.15, 0.2) is 81.3 Å². The van der Waals surface area contributed by atoms with Crippen molar-refractivity contribution in [2.45, 2.75) is 19.4 Å². The Balaban J connectivity index is 1.67. The number of nitriles is 1. The molecule has 4 rings (SSSR count). The summed E-state index contributed by atoms with van der Waals surface area (Å²) in [7, 11) is 0. The molecule has 0 bridgehead atoms. The van der Waals surface area contributed by atoms with Gasteiger partial charge in [-0.1, -0.05) is 42.5 Å². The Labute approximate surface area is 167 Å². The second kappa shape index (κ2) is 7.56. The smallest absolute Gasteiger partial charge is 0.343 e. The fraction of sp³-hybridized carbons (Fsp3) is 0.130. The third-order valence-electron chi connectivity index (χ3n) is 4.72. The highest BCUT2D eigenvalue weighted by Gasteiger charge is 2.34. The van der Waals surface area contributed by atoms with E-state index < -0.39 is 11.5 Å². The van der Waals surface area contributed by atoms with Crippen LogP contribution in [-0.4, -0.2) is 0 Å². The van der Waals surface area contributed by atoms with Gasteiger partial charge >= 0.3 is 5.63 Å². The van der Waals surface area contributed by atoms with Crippen molar-refractivity contribution < 1.29 is 13.9 Å². The number of allylic oxidation sites excluding steroid dienone is 1. The van der Waals surface area contributed by atoms with Gasteiger partial charge in [-0.25, -0.2) is 4.79 Å². The van der Waals surface area contributed by atoms with Crippen molar-refractivity contribution in [2.24, 2.45) is 5.73 Å². The number of nitrogens with two attached hydrogens (primary N) is 1. The van der Waals surface area contributed by atoms with Gasteiger partial charge < -0.3 is 19.6 Å². The van der Waals surface area contributed by atoms with E-state index in [2.05, 4.69) is 6.07 Å². The van der Waals surface area contributed by atoms with Gasteiger partial charge in [-0.3, -0.25) is 0 Å². The quantitative estimate of drug-likeness (QED) is 0.733. The van der Waals surface area contributed by atoms with Crippen molar-refractivity contribution in [3.05, 3.63) is 105 Å². The fourth-order valence-corrected chi connectivity index (χ4v) is 3.35. The minimum atomic E-state index is -0.663. The second-order valence-electron chi connectivity index (χ2n) is 6.69. The summed E-state index contributed by atoms with van der Waals surface area (Å²) in [5.41, 5.74) is 7.62. The average molecular weight is 386 g/mol. The van der Waals surface area contributed by atoms with E-state index in [0.717, 1.165) is 11.1 Å². The summed E-state index contributed by atoms with van der Waals surface area (Å²) < 4.78 is 16.6. The maximum atomic E-state index is 12.5. The molecule has 3 aromatic rings. The molecule has 0 spiro atoms. The number of benzene rings is 2. The van der Waals surface area contributed by atoms with Gasteiger partial charge in [0, 0.05) is 6.07 Å². The third kappa shape index (κ3) is 3.58. The Bertz CT molecular complexity index is 1170. The summed E-state index contributed by atoms with van der Waals surface area (Å²) in [5.74, 6) is 0.717. The molecule has 2 heterocycles. The van der Waals surface area contributed by atoms with Crippen molar-refractivity contribution in [1.29, 1.82) is 5.26 Å². The Morgan fingerprint density at radius 1 is 1.14 bits per heavy atom. The lowest BCUT2D eigenvalue weighted by molar-refractivity contribution is 0.306. The summed E-state index contributed by atoms with van der Waals surface area (Å²) >= 11 is 0. The molecule has 1 aliphatic heterocycles. The first-order valence-corrected chi connectivity index (χ1v) is 9.05. The number of hydrogen-bond acceptors (Lipinski definition) is 6. The molecule has 6 heteroatoms. The standard InChI is InChI=1S/C23H18N2O4/c1-14-11-19-21(23(26)28-14)20(18(12-24)22(25)29-19)16-7-9-17(10-8-16)27-13-15-5-3-2-4-6-15/h2-11,20H,13,25H2,1H3/t20-/m1/s1. The molecule has 1 atom stereocenters. The topological polar surface area (TPSA) is 98.5 Å². The zero-order chi connectivity index (χ0) is 20.4. The lowest BCUT2D eigenvalue weighted by Gasteiger charge is -2.25. The van der Waals surface area contributed by atoms with Gasteiger partial charge in [0.1, 0.15) is 35.5 Å². The zero-order valence-corrected chi connectivity index (χ0v) is 15.7. The summed E-state index contributed by atoms with van der Waals surface area (Å²) in [6, 6.07) is 20.7. The van der Waals surface area contributed by atoms with E-state index in [9.17, 15) is 10.1 Å². The predicted molar refractivity (Wildman–Crippen MR) is 106 cm³/mol. The molecule has 1 aliphatic rings. The van der Waals surface area contributed by atoms with Crippen LogP contribution in [0.5, 0.6) is 11.5 Å². The second-order valence-corrected chi connectivity index (χ2v) is 6.69. The first-order valence-electron chi connectivity index (χ1n) is 9.05. The Morgan fingerprint density at radius 3 is 2.55 bits per heavy atom. The lowest BCUT2D eigenvalue weighted by atomic mass is 9.84. The maximum absolute atomic E-state index is 12.5. The van der Waals surface area contributed by atoms with Crippen molar-refractivity contribution in [3.63, 3.8) is 0 Å². The number of fused-ring (bicyclic) bond motifs is 1. The molecule has 0 fully saturated rings. The normalized spacial score (nSPS) is 15.2. The first kappa shape index (κ1) is 18.4. The maximum Gasteiger partial charge on any atom is 0.343 e. The molecule has 29 heavy (non-hydrogen) atoms. The van der Waals surface area contributed by atoms with Crippen molar-refractivity contribution in [1.82, 2.24) is 0 Å². The highest BCUT2D eigenvalue weighted by molar-refractivity contribution is 5.55. The van der Waals surface area contributed by atoms with Crippen LogP contribution >= 0.6 is 0 Å². The van der Waals surface area contributed by atoms with Crippen LogP contribution in [-0.2, 0) is 6.61 Å². The highest BCUT2D eigenvalue weighted by atomic mass is 16.5. The molecule has 1 aromatic heterocycles. The van der Waals surface area contributed by atoms with Crippen molar-refractivity contribution >= 4 is 0 Å². The van der Waals surface area contributed by atoms with Crippen LogP contribution in [0.2, 0.25) is 0 Å². The van der Waals surface area contributed by atoms with Gasteiger partial charge in [-0.2, -0.15) is 5.26 Å². The number of hydrogen-bond donors (Lipinski definition) is 1. The molecule has 0 unspecified atom stereocenters. The Kier molecular flexibility index (Phi) is 4.80. The van der Waals surface area contributed by atoms with Gasteiger partial charge in [0.2, 0.25) is 5.88 Å². The molecule has 0 aliphatic carbocycles. The van der Waals surface area contributed by atoms with E-state index in [1.165, 1.54) is 0 Å². The van der Waals surface area contributed by atoms with E-state index in [1.54, 1.807) is 25.1 Å². The minimum absolute atomic E-state index is 0.0144. The van der Waals surface area contributed by atoms with E-state index in [-0.39, 0.29) is 17.0 Å². The van der Waals surface area contributed by atoms with Crippen molar-refractivity contribution in [3.8, 4) is 17.6 Å². The van der Waals surface area contributed by atoms with E-state index >= 15 is 0 Å². The lowest BCUT2D eigenvalue weighted by Crippen LogP contribution is -2.26. The number of ether oxygens (including phenoxy) is 2. The molecule has 144 valence electrons. The van der Waals surface area contributed by atoms with E-state index in [4.69, 9.17) is 19.6 Å². The predicted octanol–water partition coefficient (Wildman–Crippen LogP) is 3.75. The molecule has 2 aromatic carbocycles. The Hall–Kier alpha value is -3.98. The molecule has 0 radical (unpaired) electrons. The van der Waals surface area contributed by atoms with Gasteiger partial charge in [0.15, 0.2) is 0 Å². The Morgan fingerprint density at radius 2 is 1.86 bits per heavy atom. The van der Waals surface area contributed by atoms with Crippen LogP contribution in [0.25, 0.3) is 0 Å². The first-order chi connectivity index (χ1) is 14.1. The SMILES string of the molecule is Cc1cc2c(c(=O)o1)[C@H](c1ccc(OCc3ccccc3)cc1)C(C#N)=C(N)O2. The van der Waals surface area contributed by atoms with Crippen LogP contribution < -0.4 is 20.8 Å². The number of nitrogens with zero attached hydrogens (tertiary/aromatic N) is 1. The molecule has 6 nitrogen and oxygen atoms in total. The van der Waals surface area contributed by atoms with Gasteiger partial charge in [0.05, 0.1) is 11.5 Å². The van der Waals surface area contributed by atoms with Crippen LogP contribution in [0, 0.1) is 18.3 Å². The molecular formula is C23H18N2O4. The molecule has 2 N–H and O–H groups in total. The van der Waals surface area contributed by atoms with Gasteiger partial charge in [-0.15, -0.1) is 0 Å². The monoisotopic (exact) mass is 386 g/mol. The minimum Gasteiger partial charge on any atom is -0.489 e. The summed E-state index contributed by atoms with van der Waals surface area (Å²) in [4.78, 5) is 12.5. The van der Waals surface area contributed by atoms with E-state index in [0.29, 0.717) is 23.9 Å². The van der Waals surface area contributed by atoms with Gasteiger partial charge in [-0.05, 0) is 30.2 Å². The van der Waals surface area contributed by atoms with E-state index in [1.807, 2.05) is 42.5 Å². The van der Waals surface area contributed by atoms with Crippen LogP contribution in [0.4, 0.5) is 0 Å². The zero-order valence-electron chi connectivity index (χ0n) is 15.7. The fourth-order valence-electron chi connectivity index (χ4n) is 3.35. The summed E-state index contributed by atoms with van der Waals surface area (Å²) in [5, 5.41) is 9.60. The molecule has 0 saturated heterocycles. The average Bonchev–Trinajstić information content (AvgIpc) is 2.72. The van der Waals surface area contributed by atoms with Crippen molar-refractivity contribution in [2.75, 3.05) is 0 Å².